The summed E-state index contributed by atoms with van der Waals surface area (Å²) in [6.45, 7) is 16.4. The Balaban J connectivity index is 2.66. The van der Waals surface area contributed by atoms with Gasteiger partial charge in [0.15, 0.2) is 8.32 Å². The van der Waals surface area contributed by atoms with Crippen molar-refractivity contribution in [3.63, 3.8) is 0 Å². The smallest absolute Gasteiger partial charge is 0.192 e. The van der Waals surface area contributed by atoms with Gasteiger partial charge in [-0.1, -0.05) is 36.7 Å². The van der Waals surface area contributed by atoms with E-state index in [1.807, 2.05) is 0 Å². The second-order valence-corrected chi connectivity index (χ2v) is 13.7. The van der Waals surface area contributed by atoms with Crippen LogP contribution in [0.15, 0.2) is 0 Å². The molecular weight excluding hydrogens is 316 g/mol. The summed E-state index contributed by atoms with van der Waals surface area (Å²) < 4.78 is 6.73. The first-order chi connectivity index (χ1) is 8.49. The van der Waals surface area contributed by atoms with Gasteiger partial charge >= 0.3 is 0 Å². The van der Waals surface area contributed by atoms with Crippen LogP contribution in [-0.2, 0) is 4.43 Å². The van der Waals surface area contributed by atoms with Crippen LogP contribution in [0.4, 0.5) is 0 Å². The highest BCUT2D eigenvalue weighted by Crippen LogP contribution is 2.44. The molecule has 0 bridgehead atoms. The zero-order valence-electron chi connectivity index (χ0n) is 14.0. The van der Waals surface area contributed by atoms with E-state index in [1.54, 1.807) is 0 Å². The Hall–Kier alpha value is 0.657. The molecule has 1 aliphatic carbocycles. The van der Waals surface area contributed by atoms with E-state index < -0.39 is 8.32 Å². The van der Waals surface area contributed by atoms with Gasteiger partial charge in [0.25, 0.3) is 0 Å². The molecule has 19 heavy (non-hydrogen) atoms. The molecule has 114 valence electrons. The third-order valence-electron chi connectivity index (χ3n) is 5.37. The van der Waals surface area contributed by atoms with E-state index in [2.05, 4.69) is 63.6 Å². The molecule has 0 amide bonds. The van der Waals surface area contributed by atoms with Gasteiger partial charge in [0, 0.05) is 5.33 Å². The maximum atomic E-state index is 6.73. The molecule has 1 rings (SSSR count). The Morgan fingerprint density at radius 2 is 1.47 bits per heavy atom. The SMILES string of the molecule is CC(C)(O[Si](C)(C)C(C)(C)C)C1CCC(CBr)CC1. The molecule has 3 heteroatoms. The second-order valence-electron chi connectivity index (χ2n) is 8.34. The van der Waals surface area contributed by atoms with Crippen LogP contribution in [-0.4, -0.2) is 19.2 Å². The van der Waals surface area contributed by atoms with Gasteiger partial charge in [0.1, 0.15) is 0 Å². The molecule has 0 atom stereocenters. The first-order valence-electron chi connectivity index (χ1n) is 7.76. The van der Waals surface area contributed by atoms with Gasteiger partial charge in [-0.3, -0.25) is 0 Å². The Bertz CT molecular complexity index is 286. The summed E-state index contributed by atoms with van der Waals surface area (Å²) in [5.41, 5.74) is 0.0419. The molecule has 0 aromatic rings. The van der Waals surface area contributed by atoms with Gasteiger partial charge in [-0.25, -0.2) is 0 Å². The first kappa shape index (κ1) is 17.7. The third kappa shape index (κ3) is 4.57. The minimum atomic E-state index is -1.66. The number of rotatable bonds is 4. The highest BCUT2D eigenvalue weighted by atomic mass is 79.9. The minimum Gasteiger partial charge on any atom is -0.412 e. The minimum absolute atomic E-state index is 0.0419. The Labute approximate surface area is 130 Å². The number of hydrogen-bond donors (Lipinski definition) is 0. The van der Waals surface area contributed by atoms with E-state index in [-0.39, 0.29) is 5.60 Å². The quantitative estimate of drug-likeness (QED) is 0.447. The lowest BCUT2D eigenvalue weighted by Crippen LogP contribution is -2.50. The number of alkyl halides is 1. The fourth-order valence-corrected chi connectivity index (χ4v) is 5.34. The molecule has 1 saturated carbocycles. The maximum Gasteiger partial charge on any atom is 0.192 e. The van der Waals surface area contributed by atoms with Crippen molar-refractivity contribution in [2.75, 3.05) is 5.33 Å². The average molecular weight is 349 g/mol. The summed E-state index contributed by atoms with van der Waals surface area (Å²) in [6.07, 6.45) is 5.39. The van der Waals surface area contributed by atoms with Crippen LogP contribution in [0, 0.1) is 11.8 Å². The summed E-state index contributed by atoms with van der Waals surface area (Å²) in [6, 6.07) is 0. The van der Waals surface area contributed by atoms with Crippen molar-refractivity contribution in [2.24, 2.45) is 11.8 Å². The van der Waals surface area contributed by atoms with Crippen molar-refractivity contribution >= 4 is 24.2 Å². The van der Waals surface area contributed by atoms with E-state index in [1.165, 1.54) is 31.0 Å². The number of hydrogen-bond acceptors (Lipinski definition) is 1. The van der Waals surface area contributed by atoms with Crippen LogP contribution in [0.1, 0.15) is 60.3 Å². The number of halogens is 1. The van der Waals surface area contributed by atoms with Gasteiger partial charge in [-0.05, 0) is 69.5 Å². The van der Waals surface area contributed by atoms with E-state index in [0.717, 1.165) is 11.8 Å². The van der Waals surface area contributed by atoms with Crippen molar-refractivity contribution in [3.05, 3.63) is 0 Å². The van der Waals surface area contributed by atoms with Crippen LogP contribution in [0.2, 0.25) is 18.1 Å². The third-order valence-corrected chi connectivity index (χ3v) is 10.9. The second kappa shape index (κ2) is 6.19. The predicted molar refractivity (Wildman–Crippen MR) is 91.6 cm³/mol. The zero-order chi connectivity index (χ0) is 14.9. The van der Waals surface area contributed by atoms with Gasteiger partial charge in [0.2, 0.25) is 0 Å². The van der Waals surface area contributed by atoms with Crippen LogP contribution < -0.4 is 0 Å². The van der Waals surface area contributed by atoms with Gasteiger partial charge in [-0.15, -0.1) is 0 Å². The van der Waals surface area contributed by atoms with Crippen molar-refractivity contribution in [2.45, 2.75) is 84.0 Å². The Kier molecular flexibility index (Phi) is 5.77. The van der Waals surface area contributed by atoms with Gasteiger partial charge in [-0.2, -0.15) is 0 Å². The predicted octanol–water partition coefficient (Wildman–Crippen LogP) is 5.99. The summed E-state index contributed by atoms with van der Waals surface area (Å²) in [5.74, 6) is 1.62. The van der Waals surface area contributed by atoms with Gasteiger partial charge in [0.05, 0.1) is 5.60 Å². The van der Waals surface area contributed by atoms with Crippen LogP contribution in [0.5, 0.6) is 0 Å². The highest BCUT2D eigenvalue weighted by molar-refractivity contribution is 9.09. The molecule has 1 aliphatic rings. The largest absolute Gasteiger partial charge is 0.412 e. The highest BCUT2D eigenvalue weighted by Gasteiger charge is 2.44. The van der Waals surface area contributed by atoms with Crippen molar-refractivity contribution in [1.82, 2.24) is 0 Å². The Morgan fingerprint density at radius 1 is 1.00 bits per heavy atom. The Morgan fingerprint density at radius 3 is 1.84 bits per heavy atom. The van der Waals surface area contributed by atoms with Crippen LogP contribution >= 0.6 is 15.9 Å². The lowest BCUT2D eigenvalue weighted by Gasteiger charge is -2.47. The molecule has 1 fully saturated rings. The molecule has 1 nitrogen and oxygen atoms in total. The summed E-state index contributed by atoms with van der Waals surface area (Å²) in [5, 5.41) is 1.47. The summed E-state index contributed by atoms with van der Waals surface area (Å²) >= 11 is 3.63. The summed E-state index contributed by atoms with van der Waals surface area (Å²) in [7, 11) is -1.66. The molecule has 0 saturated heterocycles. The molecule has 0 aliphatic heterocycles. The fraction of sp³-hybridized carbons (Fsp3) is 1.00. The van der Waals surface area contributed by atoms with E-state index >= 15 is 0 Å². The molecule has 0 heterocycles. The van der Waals surface area contributed by atoms with E-state index in [9.17, 15) is 0 Å². The zero-order valence-corrected chi connectivity index (χ0v) is 16.6. The first-order valence-corrected chi connectivity index (χ1v) is 11.8. The molecule has 0 aromatic heterocycles. The molecular formula is C16H33BrOSi. The van der Waals surface area contributed by atoms with Crippen LogP contribution in [0.25, 0.3) is 0 Å². The monoisotopic (exact) mass is 348 g/mol. The van der Waals surface area contributed by atoms with Crippen molar-refractivity contribution in [1.29, 1.82) is 0 Å². The normalized spacial score (nSPS) is 26.5. The maximum absolute atomic E-state index is 6.73. The summed E-state index contributed by atoms with van der Waals surface area (Å²) in [4.78, 5) is 0. The van der Waals surface area contributed by atoms with Crippen molar-refractivity contribution in [3.8, 4) is 0 Å². The topological polar surface area (TPSA) is 9.23 Å². The van der Waals surface area contributed by atoms with E-state index in [4.69, 9.17) is 4.43 Å². The molecule has 0 aromatic carbocycles. The standard InChI is InChI=1S/C16H33BrOSi/c1-15(2,3)19(6,7)18-16(4,5)14-10-8-13(12-17)9-11-14/h13-14H,8-12H2,1-7H3. The lowest BCUT2D eigenvalue weighted by atomic mass is 9.75. The van der Waals surface area contributed by atoms with Crippen molar-refractivity contribution < 1.29 is 4.43 Å². The molecule has 0 unspecified atom stereocenters. The average Bonchev–Trinajstić information content (AvgIpc) is 2.26. The molecule has 0 N–H and O–H groups in total. The van der Waals surface area contributed by atoms with E-state index in [0.29, 0.717) is 5.04 Å². The fourth-order valence-electron chi connectivity index (χ4n) is 2.91. The molecule has 0 spiro atoms. The van der Waals surface area contributed by atoms with Gasteiger partial charge < -0.3 is 4.43 Å². The molecule has 0 radical (unpaired) electrons. The van der Waals surface area contributed by atoms with Crippen LogP contribution in [0.3, 0.4) is 0 Å². The lowest BCUT2D eigenvalue weighted by molar-refractivity contribution is 0.00705.